The maximum atomic E-state index is 11.6. The molecule has 1 rings (SSSR count). The maximum Gasteiger partial charge on any atom is 0.241 e. The predicted octanol–water partition coefficient (Wildman–Crippen LogP) is 0.439. The molecule has 0 aliphatic heterocycles. The Morgan fingerprint density at radius 1 is 1.53 bits per heavy atom. The maximum absolute atomic E-state index is 11.6. The number of nitrogen functional groups attached to an aromatic ring is 1. The van der Waals surface area contributed by atoms with Crippen LogP contribution in [0.5, 0.6) is 0 Å². The highest BCUT2D eigenvalue weighted by Gasteiger charge is 2.17. The van der Waals surface area contributed by atoms with Crippen molar-refractivity contribution in [2.45, 2.75) is 11.8 Å². The number of rotatable bonds is 3. The van der Waals surface area contributed by atoms with E-state index in [1.165, 1.54) is 18.2 Å². The number of hydrogen-bond acceptors (Lipinski definition) is 4. The molecule has 0 aliphatic carbocycles. The van der Waals surface area contributed by atoms with Crippen LogP contribution in [0.2, 0.25) is 0 Å². The normalized spacial score (nSPS) is 10.9. The van der Waals surface area contributed by atoms with Gasteiger partial charge in [0.2, 0.25) is 10.0 Å². The minimum Gasteiger partial charge on any atom is -0.399 e. The lowest BCUT2D eigenvalue weighted by Crippen LogP contribution is -2.24. The molecule has 6 heteroatoms. The van der Waals surface area contributed by atoms with E-state index in [1.54, 1.807) is 13.0 Å². The molecule has 0 aliphatic rings. The lowest BCUT2D eigenvalue weighted by atomic mass is 10.2. The summed E-state index contributed by atoms with van der Waals surface area (Å²) in [4.78, 5) is -0.0407. The molecular formula is C9H11N3O2S. The lowest BCUT2D eigenvalue weighted by Gasteiger charge is -2.06. The molecule has 0 amide bonds. The summed E-state index contributed by atoms with van der Waals surface area (Å²) in [5.74, 6) is 0. The van der Waals surface area contributed by atoms with Crippen LogP contribution in [-0.4, -0.2) is 15.0 Å². The highest BCUT2D eigenvalue weighted by molar-refractivity contribution is 7.89. The smallest absolute Gasteiger partial charge is 0.241 e. The van der Waals surface area contributed by atoms with Gasteiger partial charge in [-0.3, -0.25) is 0 Å². The van der Waals surface area contributed by atoms with Gasteiger partial charge in [0.1, 0.15) is 6.07 Å². The molecule has 0 heterocycles. The van der Waals surface area contributed by atoms with Crippen molar-refractivity contribution in [1.29, 1.82) is 5.26 Å². The molecule has 15 heavy (non-hydrogen) atoms. The minimum absolute atomic E-state index is 0.0407. The molecular weight excluding hydrogens is 214 g/mol. The molecule has 3 N–H and O–H groups in total. The number of nitrogens with zero attached hydrogens (tertiary/aromatic N) is 1. The molecule has 0 radical (unpaired) electrons. The van der Waals surface area contributed by atoms with Crippen LogP contribution in [0.1, 0.15) is 12.5 Å². The number of hydrogen-bond donors (Lipinski definition) is 2. The molecule has 0 saturated heterocycles. The largest absolute Gasteiger partial charge is 0.399 e. The van der Waals surface area contributed by atoms with Crippen molar-refractivity contribution in [3.05, 3.63) is 23.8 Å². The number of sulfonamides is 1. The van der Waals surface area contributed by atoms with Gasteiger partial charge in [0, 0.05) is 12.2 Å². The van der Waals surface area contributed by atoms with Gasteiger partial charge in [-0.15, -0.1) is 0 Å². The van der Waals surface area contributed by atoms with Crippen LogP contribution in [0.25, 0.3) is 0 Å². The molecule has 0 atom stereocenters. The van der Waals surface area contributed by atoms with Crippen LogP contribution in [0.15, 0.2) is 23.1 Å². The minimum atomic E-state index is -3.60. The number of anilines is 1. The molecule has 0 saturated carbocycles. The molecule has 0 unspecified atom stereocenters. The van der Waals surface area contributed by atoms with Gasteiger partial charge < -0.3 is 5.73 Å². The first-order chi connectivity index (χ1) is 7.01. The number of nitrogens with two attached hydrogens (primary N) is 1. The zero-order valence-corrected chi connectivity index (χ0v) is 9.00. The molecule has 0 fully saturated rings. The van der Waals surface area contributed by atoms with E-state index in [0.29, 0.717) is 5.69 Å². The van der Waals surface area contributed by atoms with E-state index in [1.807, 2.05) is 0 Å². The third kappa shape index (κ3) is 2.46. The third-order valence-corrected chi connectivity index (χ3v) is 3.35. The van der Waals surface area contributed by atoms with Crippen molar-refractivity contribution in [3.63, 3.8) is 0 Å². The van der Waals surface area contributed by atoms with Gasteiger partial charge in [-0.25, -0.2) is 13.1 Å². The van der Waals surface area contributed by atoms with Crippen molar-refractivity contribution in [2.75, 3.05) is 12.3 Å². The van der Waals surface area contributed by atoms with Crippen molar-refractivity contribution >= 4 is 15.7 Å². The Labute approximate surface area is 88.6 Å². The number of nitriles is 1. The monoisotopic (exact) mass is 225 g/mol. The Bertz CT molecular complexity index is 503. The van der Waals surface area contributed by atoms with E-state index in [-0.39, 0.29) is 17.0 Å². The fourth-order valence-electron chi connectivity index (χ4n) is 1.14. The summed E-state index contributed by atoms with van der Waals surface area (Å²) in [6.45, 7) is 1.94. The lowest BCUT2D eigenvalue weighted by molar-refractivity contribution is 0.583. The molecule has 5 nitrogen and oxygen atoms in total. The Kier molecular flexibility index (Phi) is 3.29. The van der Waals surface area contributed by atoms with E-state index in [4.69, 9.17) is 11.0 Å². The molecule has 0 spiro atoms. The van der Waals surface area contributed by atoms with Crippen LogP contribution in [0.4, 0.5) is 5.69 Å². The zero-order valence-electron chi connectivity index (χ0n) is 8.19. The van der Waals surface area contributed by atoms with Gasteiger partial charge in [0.05, 0.1) is 10.5 Å². The molecule has 0 bridgehead atoms. The first-order valence-corrected chi connectivity index (χ1v) is 5.79. The van der Waals surface area contributed by atoms with Crippen molar-refractivity contribution in [3.8, 4) is 6.07 Å². The second-order valence-corrected chi connectivity index (χ2v) is 4.60. The Hall–Kier alpha value is -1.58. The predicted molar refractivity (Wildman–Crippen MR) is 56.4 cm³/mol. The molecule has 1 aromatic carbocycles. The van der Waals surface area contributed by atoms with Crippen LogP contribution in [0.3, 0.4) is 0 Å². The van der Waals surface area contributed by atoms with Gasteiger partial charge in [0.25, 0.3) is 0 Å². The summed E-state index contributed by atoms with van der Waals surface area (Å²) in [6.07, 6.45) is 0. The van der Waals surface area contributed by atoms with E-state index in [0.717, 1.165) is 0 Å². The van der Waals surface area contributed by atoms with Crippen LogP contribution in [0, 0.1) is 11.3 Å². The van der Waals surface area contributed by atoms with E-state index in [2.05, 4.69) is 4.72 Å². The second kappa shape index (κ2) is 4.29. The highest BCUT2D eigenvalue weighted by Crippen LogP contribution is 2.17. The van der Waals surface area contributed by atoms with Gasteiger partial charge in [-0.2, -0.15) is 5.26 Å². The first kappa shape index (κ1) is 11.5. The summed E-state index contributed by atoms with van der Waals surface area (Å²) in [5, 5.41) is 8.78. The van der Waals surface area contributed by atoms with E-state index >= 15 is 0 Å². The van der Waals surface area contributed by atoms with Crippen molar-refractivity contribution < 1.29 is 8.42 Å². The summed E-state index contributed by atoms with van der Waals surface area (Å²) in [6, 6.07) is 5.91. The standard InChI is InChI=1S/C9H11N3O2S/c1-2-12-15(13,14)9-4-3-8(11)5-7(9)6-10/h3-5,12H,2,11H2,1H3. The van der Waals surface area contributed by atoms with Crippen LogP contribution < -0.4 is 10.5 Å². The molecule has 80 valence electrons. The Balaban J connectivity index is 3.33. The van der Waals surface area contributed by atoms with Gasteiger partial charge >= 0.3 is 0 Å². The average molecular weight is 225 g/mol. The van der Waals surface area contributed by atoms with Gasteiger partial charge in [-0.05, 0) is 18.2 Å². The summed E-state index contributed by atoms with van der Waals surface area (Å²) in [5.41, 5.74) is 5.87. The van der Waals surface area contributed by atoms with Crippen LogP contribution in [-0.2, 0) is 10.0 Å². The molecule has 1 aromatic rings. The van der Waals surface area contributed by atoms with Crippen molar-refractivity contribution in [1.82, 2.24) is 4.72 Å². The first-order valence-electron chi connectivity index (χ1n) is 4.30. The second-order valence-electron chi connectivity index (χ2n) is 2.87. The molecule has 0 aromatic heterocycles. The fraction of sp³-hybridized carbons (Fsp3) is 0.222. The van der Waals surface area contributed by atoms with Crippen LogP contribution >= 0.6 is 0 Å². The van der Waals surface area contributed by atoms with Crippen molar-refractivity contribution in [2.24, 2.45) is 0 Å². The average Bonchev–Trinajstić information content (AvgIpc) is 2.17. The van der Waals surface area contributed by atoms with E-state index in [9.17, 15) is 8.42 Å². The number of nitrogens with one attached hydrogen (secondary N) is 1. The SMILES string of the molecule is CCNS(=O)(=O)c1ccc(N)cc1C#N. The van der Waals surface area contributed by atoms with Gasteiger partial charge in [0.15, 0.2) is 0 Å². The summed E-state index contributed by atoms with van der Waals surface area (Å²) in [7, 11) is -3.60. The summed E-state index contributed by atoms with van der Waals surface area (Å²) >= 11 is 0. The fourth-order valence-corrected chi connectivity index (χ4v) is 2.31. The number of benzene rings is 1. The summed E-state index contributed by atoms with van der Waals surface area (Å²) < 4.78 is 25.6. The van der Waals surface area contributed by atoms with Gasteiger partial charge in [-0.1, -0.05) is 6.92 Å². The topological polar surface area (TPSA) is 96.0 Å². The third-order valence-electron chi connectivity index (χ3n) is 1.75. The highest BCUT2D eigenvalue weighted by atomic mass is 32.2. The van der Waals surface area contributed by atoms with E-state index < -0.39 is 10.0 Å². The zero-order chi connectivity index (χ0) is 11.5. The Morgan fingerprint density at radius 3 is 2.73 bits per heavy atom. The Morgan fingerprint density at radius 2 is 2.20 bits per heavy atom. The quantitative estimate of drug-likeness (QED) is 0.729.